The van der Waals surface area contributed by atoms with Crippen molar-refractivity contribution in [2.45, 2.75) is 0 Å². The first-order valence-corrected chi connectivity index (χ1v) is 15.7. The van der Waals surface area contributed by atoms with Gasteiger partial charge in [-0.2, -0.15) is 4.98 Å². The van der Waals surface area contributed by atoms with Crippen molar-refractivity contribution in [2.24, 2.45) is 0 Å². The Kier molecular flexibility index (Phi) is 6.90. The maximum atomic E-state index is 6.42. The van der Waals surface area contributed by atoms with Gasteiger partial charge in [-0.25, -0.2) is 15.0 Å². The molecular weight excluding hydrogens is 610 g/mol. The molecule has 232 valence electrons. The van der Waals surface area contributed by atoms with E-state index in [-0.39, 0.29) is 0 Å². The number of nitrogens with zero attached hydrogens (tertiary/aromatic N) is 7. The van der Waals surface area contributed by atoms with Crippen LogP contribution in [0.2, 0.25) is 0 Å². The van der Waals surface area contributed by atoms with Gasteiger partial charge < -0.3 is 9.47 Å². The van der Waals surface area contributed by atoms with E-state index in [1.54, 1.807) is 31.0 Å². The van der Waals surface area contributed by atoms with Gasteiger partial charge in [-0.1, -0.05) is 36.4 Å². The predicted molar refractivity (Wildman–Crippen MR) is 189 cm³/mol. The van der Waals surface area contributed by atoms with Crippen molar-refractivity contribution >= 4 is 33.0 Å². The van der Waals surface area contributed by atoms with Crippen LogP contribution in [0.3, 0.4) is 0 Å². The van der Waals surface area contributed by atoms with Crippen LogP contribution in [0.1, 0.15) is 0 Å². The fourth-order valence-corrected chi connectivity index (χ4v) is 5.97. The summed E-state index contributed by atoms with van der Waals surface area (Å²) in [6.07, 6.45) is 8.51. The Hall–Kier alpha value is -7.00. The van der Waals surface area contributed by atoms with E-state index < -0.39 is 0 Å². The number of pyridine rings is 2. The summed E-state index contributed by atoms with van der Waals surface area (Å²) in [7, 11) is 0. The van der Waals surface area contributed by atoms with Gasteiger partial charge in [0, 0.05) is 58.8 Å². The molecule has 0 saturated heterocycles. The molecule has 0 bridgehead atoms. The smallest absolute Gasteiger partial charge is 0.236 e. The lowest BCUT2D eigenvalue weighted by atomic mass is 10.1. The normalized spacial score (nSPS) is 11.3. The molecule has 9 aromatic rings. The highest BCUT2D eigenvalue weighted by Crippen LogP contribution is 2.38. The Morgan fingerprint density at radius 2 is 1.02 bits per heavy atom. The van der Waals surface area contributed by atoms with Crippen LogP contribution >= 0.6 is 0 Å². The van der Waals surface area contributed by atoms with Crippen LogP contribution in [0, 0.1) is 0 Å². The summed E-state index contributed by atoms with van der Waals surface area (Å²) in [5.41, 5.74) is 6.54. The van der Waals surface area contributed by atoms with Crippen molar-refractivity contribution in [3.05, 3.63) is 152 Å². The van der Waals surface area contributed by atoms with Crippen LogP contribution in [0.15, 0.2) is 152 Å². The summed E-state index contributed by atoms with van der Waals surface area (Å²) in [4.78, 5) is 27.3. The van der Waals surface area contributed by atoms with E-state index in [4.69, 9.17) is 19.4 Å². The Morgan fingerprint density at radius 3 is 1.59 bits per heavy atom. The van der Waals surface area contributed by atoms with Crippen LogP contribution < -0.4 is 9.47 Å². The summed E-state index contributed by atoms with van der Waals surface area (Å²) in [6.45, 7) is 0. The van der Waals surface area contributed by atoms with Crippen molar-refractivity contribution in [2.75, 3.05) is 0 Å². The maximum absolute atomic E-state index is 6.42. The second-order valence-electron chi connectivity index (χ2n) is 11.3. The minimum Gasteiger partial charge on any atom is -0.457 e. The molecule has 0 saturated carbocycles. The number of ether oxygens (including phenoxy) is 2. The van der Waals surface area contributed by atoms with E-state index in [1.165, 1.54) is 0 Å². The lowest BCUT2D eigenvalue weighted by Gasteiger charge is -2.10. The van der Waals surface area contributed by atoms with Crippen molar-refractivity contribution in [3.63, 3.8) is 0 Å². The second kappa shape index (κ2) is 12.0. The molecule has 0 atom stereocenters. The zero-order chi connectivity index (χ0) is 32.6. The first-order chi connectivity index (χ1) is 24.2. The van der Waals surface area contributed by atoms with Crippen molar-refractivity contribution < 1.29 is 9.47 Å². The number of fused-ring (bicyclic) bond motifs is 4. The molecule has 5 heterocycles. The number of benzene rings is 4. The van der Waals surface area contributed by atoms with Gasteiger partial charge >= 0.3 is 0 Å². The standard InChI is InChI=1S/C40H25N7O2/c1-3-17-41-34(11-1)26-7-5-9-28(21-26)48-30-13-15-32-33-16-14-31(49-29-10-6-8-27(22-29)35-12-2-4-18-42-35)24-38(33)47(37(32)23-30)40-45-25-36-39(46-40)44-20-19-43-36/h1-25H. The van der Waals surface area contributed by atoms with Crippen molar-refractivity contribution in [3.8, 4) is 51.5 Å². The number of rotatable bonds is 7. The van der Waals surface area contributed by atoms with Crippen molar-refractivity contribution in [1.82, 2.24) is 34.5 Å². The van der Waals surface area contributed by atoms with Gasteiger partial charge in [0.2, 0.25) is 5.95 Å². The van der Waals surface area contributed by atoms with Crippen LogP contribution in [0.4, 0.5) is 0 Å². The number of hydrogen-bond donors (Lipinski definition) is 0. The monoisotopic (exact) mass is 635 g/mol. The lowest BCUT2D eigenvalue weighted by Crippen LogP contribution is -2.02. The van der Waals surface area contributed by atoms with Gasteiger partial charge in [0.05, 0.1) is 28.6 Å². The third kappa shape index (κ3) is 5.45. The molecule has 9 nitrogen and oxygen atoms in total. The quantitative estimate of drug-likeness (QED) is 0.171. The van der Waals surface area contributed by atoms with E-state index in [0.717, 1.165) is 44.3 Å². The zero-order valence-corrected chi connectivity index (χ0v) is 25.9. The minimum absolute atomic E-state index is 0.455. The molecule has 0 unspecified atom stereocenters. The fourth-order valence-electron chi connectivity index (χ4n) is 5.97. The first-order valence-electron chi connectivity index (χ1n) is 15.7. The summed E-state index contributed by atoms with van der Waals surface area (Å²) in [6, 6.07) is 39.6. The van der Waals surface area contributed by atoms with Crippen LogP contribution in [-0.2, 0) is 0 Å². The van der Waals surface area contributed by atoms with E-state index >= 15 is 0 Å². The molecule has 9 rings (SSSR count). The summed E-state index contributed by atoms with van der Waals surface area (Å²) < 4.78 is 14.9. The van der Waals surface area contributed by atoms with Gasteiger partial charge in [0.15, 0.2) is 5.65 Å². The summed E-state index contributed by atoms with van der Waals surface area (Å²) >= 11 is 0. The molecular formula is C40H25N7O2. The van der Waals surface area contributed by atoms with Gasteiger partial charge in [0.25, 0.3) is 0 Å². The van der Waals surface area contributed by atoms with Crippen LogP contribution in [0.5, 0.6) is 23.0 Å². The maximum Gasteiger partial charge on any atom is 0.236 e. The molecule has 0 aliphatic heterocycles. The summed E-state index contributed by atoms with van der Waals surface area (Å²) in [5.74, 6) is 3.19. The Bertz CT molecular complexity index is 2480. The molecule has 0 amide bonds. The average Bonchev–Trinajstić information content (AvgIpc) is 3.48. The van der Waals surface area contributed by atoms with E-state index in [2.05, 4.69) is 32.1 Å². The van der Waals surface area contributed by atoms with E-state index in [0.29, 0.717) is 40.1 Å². The van der Waals surface area contributed by atoms with E-state index in [9.17, 15) is 0 Å². The molecule has 5 aromatic heterocycles. The van der Waals surface area contributed by atoms with Crippen LogP contribution in [-0.4, -0.2) is 34.5 Å². The van der Waals surface area contributed by atoms with Gasteiger partial charge in [-0.05, 0) is 72.8 Å². The molecule has 4 aromatic carbocycles. The molecule has 0 aliphatic carbocycles. The first kappa shape index (κ1) is 28.2. The second-order valence-corrected chi connectivity index (χ2v) is 11.3. The number of aromatic nitrogens is 7. The Balaban J connectivity index is 1.15. The molecule has 0 aliphatic rings. The average molecular weight is 636 g/mol. The molecule has 0 radical (unpaired) electrons. The topological polar surface area (TPSA) is 101 Å². The molecule has 0 N–H and O–H groups in total. The SMILES string of the molecule is c1ccc(-c2cccc(Oc3ccc4c5ccc(Oc6cccc(-c7ccccn7)c6)cc5n(-c5ncc6nccnc6n5)c4c3)c2)nc1. The minimum atomic E-state index is 0.455. The van der Waals surface area contributed by atoms with Crippen molar-refractivity contribution in [1.29, 1.82) is 0 Å². The lowest BCUT2D eigenvalue weighted by molar-refractivity contribution is 0.483. The Morgan fingerprint density at radius 1 is 0.449 bits per heavy atom. The van der Waals surface area contributed by atoms with Crippen LogP contribution in [0.25, 0.3) is 61.4 Å². The third-order valence-corrected chi connectivity index (χ3v) is 8.19. The Labute approximate surface area is 280 Å². The molecule has 0 spiro atoms. The number of hydrogen-bond acceptors (Lipinski definition) is 8. The molecule has 49 heavy (non-hydrogen) atoms. The summed E-state index contributed by atoms with van der Waals surface area (Å²) in [5, 5.41) is 2.02. The zero-order valence-electron chi connectivity index (χ0n) is 25.9. The fraction of sp³-hybridized carbons (Fsp3) is 0. The van der Waals surface area contributed by atoms with Gasteiger partial charge in [-0.15, -0.1) is 0 Å². The van der Waals surface area contributed by atoms with E-state index in [1.807, 2.05) is 114 Å². The predicted octanol–water partition coefficient (Wildman–Crippen LogP) is 9.23. The third-order valence-electron chi connectivity index (χ3n) is 8.19. The molecule has 9 heteroatoms. The highest BCUT2D eigenvalue weighted by Gasteiger charge is 2.18. The highest BCUT2D eigenvalue weighted by molar-refractivity contribution is 6.09. The van der Waals surface area contributed by atoms with Gasteiger partial charge in [0.1, 0.15) is 28.5 Å². The largest absolute Gasteiger partial charge is 0.457 e. The highest BCUT2D eigenvalue weighted by atomic mass is 16.5. The van der Waals surface area contributed by atoms with Gasteiger partial charge in [-0.3, -0.25) is 14.5 Å². The molecule has 0 fully saturated rings.